The average Bonchev–Trinajstić information content (AvgIpc) is 3.76. The van der Waals surface area contributed by atoms with Crippen molar-refractivity contribution in [3.63, 3.8) is 0 Å². The highest BCUT2D eigenvalue weighted by molar-refractivity contribution is 7.10. The molecule has 2 aromatic rings. The molecule has 2 aromatic heterocycles. The van der Waals surface area contributed by atoms with Crippen LogP contribution in [0.1, 0.15) is 103 Å². The molecular weight excluding hydrogens is 821 g/mol. The number of hydrogen-bond donors (Lipinski definition) is 3. The molecule has 0 aliphatic carbocycles. The van der Waals surface area contributed by atoms with Gasteiger partial charge >= 0.3 is 11.9 Å². The van der Waals surface area contributed by atoms with E-state index in [1.54, 1.807) is 66.2 Å². The van der Waals surface area contributed by atoms with Gasteiger partial charge in [-0.05, 0) is 88.6 Å². The Morgan fingerprint density at radius 1 is 0.733 bits per heavy atom. The van der Waals surface area contributed by atoms with Crippen molar-refractivity contribution in [2.75, 3.05) is 13.1 Å². The van der Waals surface area contributed by atoms with E-state index in [2.05, 4.69) is 40.9 Å². The first-order chi connectivity index (χ1) is 27.7. The van der Waals surface area contributed by atoms with Crippen molar-refractivity contribution in [1.29, 1.82) is 0 Å². The molecule has 0 spiro atoms. The molecule has 0 radical (unpaired) electrons. The second-order valence-electron chi connectivity index (χ2n) is 16.9. The lowest BCUT2D eigenvalue weighted by atomic mass is 9.85. The molecule has 4 N–H and O–H groups in total. The van der Waals surface area contributed by atoms with Gasteiger partial charge in [0.15, 0.2) is 23.0 Å². The number of ether oxygens (including phenoxy) is 2. The van der Waals surface area contributed by atoms with E-state index in [0.29, 0.717) is 16.4 Å². The minimum absolute atomic E-state index is 0.0403. The number of Topliss-reactive ketones (excluding diaryl/α,β-unsaturated/α-hetero) is 2. The average molecular weight is 875 g/mol. The van der Waals surface area contributed by atoms with Gasteiger partial charge in [0.05, 0.1) is 27.9 Å². The van der Waals surface area contributed by atoms with Gasteiger partial charge < -0.3 is 35.5 Å². The third kappa shape index (κ3) is 13.9. The fourth-order valence-corrected chi connectivity index (χ4v) is 6.35. The number of nitrogens with one attached hydrogen (secondary N) is 2. The quantitative estimate of drug-likeness (QED) is 0.0386. The van der Waals surface area contributed by atoms with Crippen LogP contribution in [-0.2, 0) is 47.9 Å². The molecule has 4 rings (SSSR count). The summed E-state index contributed by atoms with van der Waals surface area (Å²) >= 11 is 2.67. The van der Waals surface area contributed by atoms with E-state index in [-0.39, 0.29) is 55.2 Å². The number of thiazole rings is 2. The topological polar surface area (TPSA) is 289 Å². The van der Waals surface area contributed by atoms with Crippen molar-refractivity contribution >= 4 is 69.4 Å². The number of nitrogens with zero attached hydrogens (tertiary/aromatic N) is 7. The normalized spacial score (nSPS) is 19.5. The Balaban J connectivity index is 0.000000321. The monoisotopic (exact) mass is 874 g/mol. The third-order valence-corrected chi connectivity index (χ3v) is 10.0. The molecule has 2 aliphatic heterocycles. The van der Waals surface area contributed by atoms with Crippen LogP contribution < -0.4 is 16.4 Å². The zero-order valence-corrected chi connectivity index (χ0v) is 37.5. The van der Waals surface area contributed by atoms with Gasteiger partial charge in [-0.1, -0.05) is 15.4 Å². The lowest BCUT2D eigenvalue weighted by molar-refractivity contribution is -0.180. The minimum Gasteiger partial charge on any atom is -0.457 e. The van der Waals surface area contributed by atoms with Crippen LogP contribution in [0.2, 0.25) is 0 Å². The molecule has 20 nitrogen and oxygen atoms in total. The second kappa shape index (κ2) is 19.8. The predicted molar refractivity (Wildman–Crippen MR) is 222 cm³/mol. The SMILES string of the molecule is Cc1nc(/C(=N/OC(C)(C)C(=O)OC(C)(C)C)C(=O)C[C@@H]2C(=O)N[C@@H]2CN)cs1.Cc1nc(/C(=N/OC(C)(C)C(=O)OC(C)(C)C)C(=O)C[C@@H]2C(=O)N[C@@H]2CN=[N+]=[N-])cs1. The lowest BCUT2D eigenvalue weighted by Crippen LogP contribution is -2.61. The predicted octanol–water partition coefficient (Wildman–Crippen LogP) is 4.00. The summed E-state index contributed by atoms with van der Waals surface area (Å²) < 4.78 is 10.7. The Morgan fingerprint density at radius 3 is 1.43 bits per heavy atom. The Bertz CT molecular complexity index is 2050. The van der Waals surface area contributed by atoms with Gasteiger partial charge in [0.2, 0.25) is 23.0 Å². The molecule has 2 aliphatic rings. The van der Waals surface area contributed by atoms with Crippen molar-refractivity contribution in [3.05, 3.63) is 42.6 Å². The molecule has 22 heteroatoms. The van der Waals surface area contributed by atoms with Crippen LogP contribution in [0.25, 0.3) is 10.4 Å². The van der Waals surface area contributed by atoms with E-state index in [1.807, 2.05) is 0 Å². The van der Waals surface area contributed by atoms with E-state index < -0.39 is 63.8 Å². The van der Waals surface area contributed by atoms with Crippen LogP contribution in [0.4, 0.5) is 0 Å². The summed E-state index contributed by atoms with van der Waals surface area (Å²) in [6, 6.07) is -0.672. The van der Waals surface area contributed by atoms with Gasteiger partial charge in [0.25, 0.3) is 0 Å². The van der Waals surface area contributed by atoms with Crippen LogP contribution in [0.5, 0.6) is 0 Å². The molecule has 2 saturated heterocycles. The number of azide groups is 1. The van der Waals surface area contributed by atoms with Crippen LogP contribution in [0, 0.1) is 25.7 Å². The maximum Gasteiger partial charge on any atom is 0.353 e. The standard InChI is InChI=1S/C19H26N6O5S.C19H28N4O5S/c1-10-22-13(9-31-10)15(24-30-19(5,6)17(28)29-18(2,3)4)14(26)7-11-12(8-21-25-20)23-16(11)27;1-10-21-13(9-29-10)15(14(24)7-11-12(8-20)22-16(11)25)23-28-19(5,6)17(26)27-18(2,3)4/h9,11-12H,7-8H2,1-6H3,(H,23,27);9,11-12H,7-8,20H2,1-6H3,(H,22,25)/b24-15-;23-15-/t2*11-,12+/m00/s1. The summed E-state index contributed by atoms with van der Waals surface area (Å²) in [5.41, 5.74) is 10.3. The molecule has 60 heavy (non-hydrogen) atoms. The summed E-state index contributed by atoms with van der Waals surface area (Å²) in [4.78, 5) is 96.5. The van der Waals surface area contributed by atoms with Crippen molar-refractivity contribution in [3.8, 4) is 0 Å². The number of carbonyl (C=O) groups is 6. The zero-order chi connectivity index (χ0) is 45.4. The number of hydrogen-bond acceptors (Lipinski definition) is 18. The maximum atomic E-state index is 13.0. The molecule has 0 unspecified atom stereocenters. The van der Waals surface area contributed by atoms with Crippen molar-refractivity contribution in [2.24, 2.45) is 33.0 Å². The molecule has 4 heterocycles. The Kier molecular flexibility index (Phi) is 16.2. The van der Waals surface area contributed by atoms with Gasteiger partial charge in [0, 0.05) is 47.6 Å². The number of carbonyl (C=O) groups excluding carboxylic acids is 6. The first-order valence-corrected chi connectivity index (χ1v) is 20.7. The van der Waals surface area contributed by atoms with Crippen LogP contribution in [-0.4, -0.2) is 104 Å². The number of rotatable bonds is 17. The Morgan fingerprint density at radius 2 is 1.12 bits per heavy atom. The van der Waals surface area contributed by atoms with E-state index in [0.717, 1.165) is 5.01 Å². The van der Waals surface area contributed by atoms with Gasteiger partial charge in [-0.25, -0.2) is 19.6 Å². The second-order valence-corrected chi connectivity index (χ2v) is 19.1. The first-order valence-electron chi connectivity index (χ1n) is 18.9. The maximum absolute atomic E-state index is 13.0. The highest BCUT2D eigenvalue weighted by atomic mass is 32.1. The largest absolute Gasteiger partial charge is 0.457 e. The number of aromatic nitrogens is 2. The molecule has 0 aromatic carbocycles. The highest BCUT2D eigenvalue weighted by Crippen LogP contribution is 2.25. The van der Waals surface area contributed by atoms with E-state index in [9.17, 15) is 28.8 Å². The zero-order valence-electron chi connectivity index (χ0n) is 35.9. The number of esters is 2. The summed E-state index contributed by atoms with van der Waals surface area (Å²) in [7, 11) is 0. The smallest absolute Gasteiger partial charge is 0.353 e. The first kappa shape index (κ1) is 49.1. The van der Waals surface area contributed by atoms with Gasteiger partial charge in [0.1, 0.15) is 22.6 Å². The molecule has 0 saturated carbocycles. The van der Waals surface area contributed by atoms with Crippen molar-refractivity contribution < 1.29 is 47.9 Å². The number of ketones is 2. The summed E-state index contributed by atoms with van der Waals surface area (Å²) in [5.74, 6) is -3.84. The lowest BCUT2D eigenvalue weighted by Gasteiger charge is -2.35. The fraction of sp³-hybridized carbons (Fsp3) is 0.632. The molecule has 2 fully saturated rings. The molecule has 0 bridgehead atoms. The Hall–Kier alpha value is -5.31. The van der Waals surface area contributed by atoms with Gasteiger partial charge in [-0.3, -0.25) is 19.2 Å². The Labute approximate surface area is 356 Å². The van der Waals surface area contributed by atoms with Crippen molar-refractivity contribution in [1.82, 2.24) is 20.6 Å². The number of β-lactam (4-membered cyclic amide) rings is 2. The van der Waals surface area contributed by atoms with Crippen LogP contribution >= 0.6 is 22.7 Å². The number of aryl methyl sites for hydroxylation is 2. The van der Waals surface area contributed by atoms with Gasteiger partial charge in [-0.15, -0.1) is 22.7 Å². The molecular formula is C38H54N10O10S2. The van der Waals surface area contributed by atoms with E-state index in [4.69, 9.17) is 30.4 Å². The minimum atomic E-state index is -1.46. The number of nitrogens with two attached hydrogens (primary N) is 1. The highest BCUT2D eigenvalue weighted by Gasteiger charge is 2.43. The van der Waals surface area contributed by atoms with E-state index in [1.165, 1.54) is 50.4 Å². The third-order valence-electron chi connectivity index (χ3n) is 8.47. The fourth-order valence-electron chi connectivity index (χ4n) is 5.16. The van der Waals surface area contributed by atoms with Crippen molar-refractivity contribution in [2.45, 2.75) is 130 Å². The summed E-state index contributed by atoms with van der Waals surface area (Å²) in [5, 5.41) is 21.4. The number of amides is 2. The van der Waals surface area contributed by atoms with Gasteiger partial charge in [-0.2, -0.15) is 0 Å². The summed E-state index contributed by atoms with van der Waals surface area (Å²) in [6.07, 6.45) is -0.234. The molecule has 2 amide bonds. The van der Waals surface area contributed by atoms with Crippen LogP contribution in [0.3, 0.4) is 0 Å². The molecule has 4 atom stereocenters. The van der Waals surface area contributed by atoms with E-state index >= 15 is 0 Å². The number of oxime groups is 2. The summed E-state index contributed by atoms with van der Waals surface area (Å²) in [6.45, 7) is 20.3. The van der Waals surface area contributed by atoms with Crippen LogP contribution in [0.15, 0.2) is 26.2 Å². The molecule has 328 valence electrons.